The highest BCUT2D eigenvalue weighted by Gasteiger charge is 2.13. The first-order valence-electron chi connectivity index (χ1n) is 5.92. The zero-order chi connectivity index (χ0) is 13.0. The van der Waals surface area contributed by atoms with Gasteiger partial charge in [0.2, 0.25) is 5.88 Å². The first-order valence-corrected chi connectivity index (χ1v) is 5.92. The summed E-state index contributed by atoms with van der Waals surface area (Å²) in [6, 6.07) is 2.51. The van der Waals surface area contributed by atoms with Crippen LogP contribution in [-0.2, 0) is 0 Å². The number of pyridine rings is 1. The van der Waals surface area contributed by atoms with E-state index in [9.17, 15) is 10.1 Å². The standard InChI is InChI=1S/C11H16N4O3/c12-10-7-9(15(16)17)8-11(13-10)18-6-5-14-3-1-2-4-14/h7-8H,1-6H2,(H2,12,13). The molecule has 2 heterocycles. The minimum absolute atomic E-state index is 0.0976. The third kappa shape index (κ3) is 3.30. The fourth-order valence-corrected chi connectivity index (χ4v) is 1.98. The number of nitrogen functional groups attached to an aromatic ring is 1. The molecule has 1 aliphatic heterocycles. The number of anilines is 1. The molecule has 1 aromatic rings. The van der Waals surface area contributed by atoms with E-state index in [-0.39, 0.29) is 17.4 Å². The normalized spacial score (nSPS) is 15.8. The van der Waals surface area contributed by atoms with Crippen LogP contribution >= 0.6 is 0 Å². The lowest BCUT2D eigenvalue weighted by molar-refractivity contribution is -0.384. The summed E-state index contributed by atoms with van der Waals surface area (Å²) in [4.78, 5) is 16.3. The van der Waals surface area contributed by atoms with Crippen LogP contribution in [0.5, 0.6) is 5.88 Å². The molecule has 0 aliphatic carbocycles. The maximum absolute atomic E-state index is 10.6. The zero-order valence-electron chi connectivity index (χ0n) is 10.0. The summed E-state index contributed by atoms with van der Waals surface area (Å²) in [5.74, 6) is 0.307. The van der Waals surface area contributed by atoms with Crippen molar-refractivity contribution in [3.63, 3.8) is 0 Å². The van der Waals surface area contributed by atoms with Crippen LogP contribution in [0.3, 0.4) is 0 Å². The summed E-state index contributed by atoms with van der Waals surface area (Å²) in [6.07, 6.45) is 2.45. The van der Waals surface area contributed by atoms with Crippen LogP contribution in [0.25, 0.3) is 0 Å². The van der Waals surface area contributed by atoms with Crippen LogP contribution in [0.1, 0.15) is 12.8 Å². The quantitative estimate of drug-likeness (QED) is 0.621. The Kier molecular flexibility index (Phi) is 3.93. The SMILES string of the molecule is Nc1cc([N+](=O)[O-])cc(OCCN2CCCC2)n1. The van der Waals surface area contributed by atoms with E-state index >= 15 is 0 Å². The highest BCUT2D eigenvalue weighted by Crippen LogP contribution is 2.20. The van der Waals surface area contributed by atoms with Crippen molar-refractivity contribution in [2.45, 2.75) is 12.8 Å². The summed E-state index contributed by atoms with van der Waals surface area (Å²) in [7, 11) is 0. The minimum Gasteiger partial charge on any atom is -0.476 e. The van der Waals surface area contributed by atoms with Crippen molar-refractivity contribution in [3.8, 4) is 5.88 Å². The van der Waals surface area contributed by atoms with Gasteiger partial charge in [-0.3, -0.25) is 15.0 Å². The number of likely N-dealkylation sites (tertiary alicyclic amines) is 1. The minimum atomic E-state index is -0.509. The molecule has 98 valence electrons. The lowest BCUT2D eigenvalue weighted by atomic mass is 10.4. The Morgan fingerprint density at radius 1 is 1.44 bits per heavy atom. The Hall–Kier alpha value is -1.89. The van der Waals surface area contributed by atoms with E-state index in [0.29, 0.717) is 6.61 Å². The third-order valence-electron chi connectivity index (χ3n) is 2.87. The average Bonchev–Trinajstić information content (AvgIpc) is 2.81. The fourth-order valence-electron chi connectivity index (χ4n) is 1.98. The molecule has 0 atom stereocenters. The Bertz CT molecular complexity index is 432. The smallest absolute Gasteiger partial charge is 0.278 e. The second-order valence-corrected chi connectivity index (χ2v) is 4.24. The van der Waals surface area contributed by atoms with Gasteiger partial charge in [0.15, 0.2) is 0 Å². The number of hydrogen-bond acceptors (Lipinski definition) is 6. The van der Waals surface area contributed by atoms with E-state index in [2.05, 4.69) is 9.88 Å². The van der Waals surface area contributed by atoms with Crippen molar-refractivity contribution in [2.24, 2.45) is 0 Å². The lowest BCUT2D eigenvalue weighted by Crippen LogP contribution is -2.25. The van der Waals surface area contributed by atoms with Gasteiger partial charge in [-0.05, 0) is 25.9 Å². The van der Waals surface area contributed by atoms with Crippen molar-refractivity contribution in [1.29, 1.82) is 0 Å². The van der Waals surface area contributed by atoms with Crippen molar-refractivity contribution < 1.29 is 9.66 Å². The van der Waals surface area contributed by atoms with Gasteiger partial charge >= 0.3 is 0 Å². The van der Waals surface area contributed by atoms with Crippen LogP contribution in [-0.4, -0.2) is 41.0 Å². The number of nitrogens with zero attached hydrogens (tertiary/aromatic N) is 3. The van der Waals surface area contributed by atoms with Gasteiger partial charge in [0.1, 0.15) is 12.4 Å². The molecule has 2 N–H and O–H groups in total. The number of ether oxygens (including phenoxy) is 1. The molecule has 1 aromatic heterocycles. The van der Waals surface area contributed by atoms with Gasteiger partial charge in [0.05, 0.1) is 17.1 Å². The molecule has 1 aliphatic rings. The van der Waals surface area contributed by atoms with Crippen LogP contribution in [0.4, 0.5) is 11.5 Å². The number of rotatable bonds is 5. The molecule has 0 bridgehead atoms. The molecule has 0 saturated carbocycles. The molecule has 0 aromatic carbocycles. The van der Waals surface area contributed by atoms with Crippen molar-refractivity contribution in [2.75, 3.05) is 32.0 Å². The maximum atomic E-state index is 10.6. The molecule has 0 amide bonds. The number of aromatic nitrogens is 1. The van der Waals surface area contributed by atoms with Crippen molar-refractivity contribution in [1.82, 2.24) is 9.88 Å². The third-order valence-corrected chi connectivity index (χ3v) is 2.87. The molecule has 7 heteroatoms. The van der Waals surface area contributed by atoms with E-state index < -0.39 is 4.92 Å². The maximum Gasteiger partial charge on any atom is 0.278 e. The topological polar surface area (TPSA) is 94.5 Å². The van der Waals surface area contributed by atoms with Crippen LogP contribution in [0.15, 0.2) is 12.1 Å². The molecule has 0 spiro atoms. The van der Waals surface area contributed by atoms with Gasteiger partial charge < -0.3 is 10.5 Å². The molecule has 0 radical (unpaired) electrons. The molecule has 18 heavy (non-hydrogen) atoms. The van der Waals surface area contributed by atoms with Crippen molar-refractivity contribution in [3.05, 3.63) is 22.2 Å². The predicted octanol–water partition coefficient (Wildman–Crippen LogP) is 1.05. The molecule has 2 rings (SSSR count). The molecule has 1 saturated heterocycles. The van der Waals surface area contributed by atoms with E-state index in [0.717, 1.165) is 19.6 Å². The van der Waals surface area contributed by atoms with Crippen LogP contribution in [0.2, 0.25) is 0 Å². The van der Waals surface area contributed by atoms with Gasteiger partial charge in [-0.2, -0.15) is 4.98 Å². The lowest BCUT2D eigenvalue weighted by Gasteiger charge is -2.14. The average molecular weight is 252 g/mol. The summed E-state index contributed by atoms with van der Waals surface area (Å²) >= 11 is 0. The number of nitro groups is 1. The van der Waals surface area contributed by atoms with Gasteiger partial charge in [-0.15, -0.1) is 0 Å². The predicted molar refractivity (Wildman–Crippen MR) is 66.5 cm³/mol. The van der Waals surface area contributed by atoms with E-state index in [1.165, 1.54) is 25.0 Å². The van der Waals surface area contributed by atoms with E-state index in [1.54, 1.807) is 0 Å². The summed E-state index contributed by atoms with van der Waals surface area (Å²) < 4.78 is 5.40. The van der Waals surface area contributed by atoms with Gasteiger partial charge in [0, 0.05) is 6.54 Å². The second kappa shape index (κ2) is 5.63. The number of nitrogens with two attached hydrogens (primary N) is 1. The highest BCUT2D eigenvalue weighted by molar-refractivity contribution is 5.45. The van der Waals surface area contributed by atoms with E-state index in [4.69, 9.17) is 10.5 Å². The van der Waals surface area contributed by atoms with Gasteiger partial charge in [-0.1, -0.05) is 0 Å². The summed E-state index contributed by atoms with van der Waals surface area (Å²) in [5, 5.41) is 10.6. The first kappa shape index (κ1) is 12.6. The Labute approximate surface area is 105 Å². The molecular weight excluding hydrogens is 236 g/mol. The van der Waals surface area contributed by atoms with Crippen LogP contribution < -0.4 is 10.5 Å². The van der Waals surface area contributed by atoms with Gasteiger partial charge in [-0.25, -0.2) is 0 Å². The molecular formula is C11H16N4O3. The second-order valence-electron chi connectivity index (χ2n) is 4.24. The Balaban J connectivity index is 1.89. The van der Waals surface area contributed by atoms with Gasteiger partial charge in [0.25, 0.3) is 5.69 Å². The molecule has 7 nitrogen and oxygen atoms in total. The van der Waals surface area contributed by atoms with Crippen molar-refractivity contribution >= 4 is 11.5 Å². The first-order chi connectivity index (χ1) is 8.65. The Morgan fingerprint density at radius 3 is 2.83 bits per heavy atom. The number of hydrogen-bond donors (Lipinski definition) is 1. The molecule has 1 fully saturated rings. The highest BCUT2D eigenvalue weighted by atomic mass is 16.6. The molecule has 0 unspecified atom stereocenters. The van der Waals surface area contributed by atoms with Crippen LogP contribution in [0, 0.1) is 10.1 Å². The monoisotopic (exact) mass is 252 g/mol. The largest absolute Gasteiger partial charge is 0.476 e. The Morgan fingerprint density at radius 2 is 2.17 bits per heavy atom. The van der Waals surface area contributed by atoms with E-state index in [1.807, 2.05) is 0 Å². The summed E-state index contributed by atoms with van der Waals surface area (Å²) in [6.45, 7) is 3.46. The zero-order valence-corrected chi connectivity index (χ0v) is 10.0. The summed E-state index contributed by atoms with van der Waals surface area (Å²) in [5.41, 5.74) is 5.39. The fraction of sp³-hybridized carbons (Fsp3) is 0.545.